The number of piperidine rings is 1. The predicted octanol–water partition coefficient (Wildman–Crippen LogP) is 1.53. The smallest absolute Gasteiger partial charge is 0.248 e. The number of carbonyl (C=O) groups is 1. The van der Waals surface area contributed by atoms with Gasteiger partial charge in [-0.2, -0.15) is 0 Å². The van der Waals surface area contributed by atoms with Crippen LogP contribution >= 0.6 is 0 Å². The molecule has 0 aliphatic carbocycles. The minimum absolute atomic E-state index is 0.110. The van der Waals surface area contributed by atoms with Crippen LogP contribution in [0.3, 0.4) is 0 Å². The number of likely N-dealkylation sites (tertiary alicyclic amines) is 1. The average Bonchev–Trinajstić information content (AvgIpc) is 2.39. The Morgan fingerprint density at radius 2 is 1.82 bits per heavy atom. The van der Waals surface area contributed by atoms with Crippen molar-refractivity contribution in [1.82, 2.24) is 4.90 Å². The molecule has 17 heavy (non-hydrogen) atoms. The normalized spacial score (nSPS) is 17.2. The number of nitrogens with zero attached hydrogens (tertiary/aromatic N) is 1. The first-order chi connectivity index (χ1) is 8.11. The van der Waals surface area contributed by atoms with Gasteiger partial charge in [-0.05, 0) is 32.1 Å². The molecule has 100 valence electrons. The van der Waals surface area contributed by atoms with Crippen molar-refractivity contribution in [2.75, 3.05) is 26.3 Å². The molecule has 1 saturated heterocycles. The molecule has 1 rings (SSSR count). The molecule has 0 saturated carbocycles. The van der Waals surface area contributed by atoms with Gasteiger partial charge in [0.1, 0.15) is 6.61 Å². The van der Waals surface area contributed by atoms with Crippen molar-refractivity contribution in [3.63, 3.8) is 0 Å². The highest BCUT2D eigenvalue weighted by Crippen LogP contribution is 2.12. The summed E-state index contributed by atoms with van der Waals surface area (Å²) in [5, 5.41) is 0. The molecule has 0 aromatic heterocycles. The van der Waals surface area contributed by atoms with E-state index in [0.29, 0.717) is 6.61 Å². The van der Waals surface area contributed by atoms with E-state index in [1.807, 2.05) is 4.90 Å². The van der Waals surface area contributed by atoms with Crippen molar-refractivity contribution >= 4 is 5.91 Å². The summed E-state index contributed by atoms with van der Waals surface area (Å²) in [6, 6.07) is 0. The molecule has 0 atom stereocenters. The van der Waals surface area contributed by atoms with Gasteiger partial charge in [-0.3, -0.25) is 4.79 Å². The van der Waals surface area contributed by atoms with Gasteiger partial charge in [-0.15, -0.1) is 0 Å². The minimum Gasteiger partial charge on any atom is -0.370 e. The van der Waals surface area contributed by atoms with E-state index in [1.165, 1.54) is 6.42 Å². The predicted molar refractivity (Wildman–Crippen MR) is 68.8 cm³/mol. The van der Waals surface area contributed by atoms with Gasteiger partial charge in [0.2, 0.25) is 5.91 Å². The lowest BCUT2D eigenvalue weighted by atomic mass is 9.96. The highest BCUT2D eigenvalue weighted by molar-refractivity contribution is 5.77. The van der Waals surface area contributed by atoms with E-state index in [-0.39, 0.29) is 18.1 Å². The van der Waals surface area contributed by atoms with Crippen LogP contribution in [0.1, 0.15) is 46.0 Å². The SMILES string of the molecule is CCC(N)(CC)COCC(=O)N1CCCCC1. The van der Waals surface area contributed by atoms with E-state index in [2.05, 4.69) is 13.8 Å². The van der Waals surface area contributed by atoms with Crippen molar-refractivity contribution in [2.24, 2.45) is 5.73 Å². The minimum atomic E-state index is -0.276. The highest BCUT2D eigenvalue weighted by Gasteiger charge is 2.22. The Kier molecular flexibility index (Phi) is 5.92. The fraction of sp³-hybridized carbons (Fsp3) is 0.923. The van der Waals surface area contributed by atoms with Crippen molar-refractivity contribution in [2.45, 2.75) is 51.5 Å². The second-order valence-corrected chi connectivity index (χ2v) is 5.00. The Balaban J connectivity index is 2.23. The quantitative estimate of drug-likeness (QED) is 0.768. The Labute approximate surface area is 104 Å². The Bertz CT molecular complexity index is 234. The van der Waals surface area contributed by atoms with E-state index in [4.69, 9.17) is 10.5 Å². The molecule has 2 N–H and O–H groups in total. The highest BCUT2D eigenvalue weighted by atomic mass is 16.5. The van der Waals surface area contributed by atoms with E-state index < -0.39 is 0 Å². The summed E-state index contributed by atoms with van der Waals surface area (Å²) in [5.41, 5.74) is 5.84. The first-order valence-electron chi connectivity index (χ1n) is 6.75. The number of carbonyl (C=O) groups excluding carboxylic acids is 1. The summed E-state index contributed by atoms with van der Waals surface area (Å²) in [6.45, 7) is 6.53. The molecule has 0 aromatic rings. The summed E-state index contributed by atoms with van der Waals surface area (Å²) < 4.78 is 5.48. The molecule has 0 spiro atoms. The second-order valence-electron chi connectivity index (χ2n) is 5.00. The first kappa shape index (κ1) is 14.5. The molecular formula is C13H26N2O2. The van der Waals surface area contributed by atoms with E-state index in [1.54, 1.807) is 0 Å². The van der Waals surface area contributed by atoms with E-state index in [0.717, 1.165) is 38.8 Å². The van der Waals surface area contributed by atoms with Gasteiger partial charge in [0.15, 0.2) is 0 Å². The zero-order chi connectivity index (χ0) is 12.7. The van der Waals surface area contributed by atoms with Crippen molar-refractivity contribution in [1.29, 1.82) is 0 Å². The maximum absolute atomic E-state index is 11.8. The average molecular weight is 242 g/mol. The lowest BCUT2D eigenvalue weighted by molar-refractivity contribution is -0.137. The molecule has 1 aliphatic rings. The van der Waals surface area contributed by atoms with Gasteiger partial charge in [0, 0.05) is 18.6 Å². The number of amides is 1. The molecule has 0 unspecified atom stereocenters. The number of rotatable bonds is 6. The molecule has 1 aliphatic heterocycles. The summed E-state index contributed by atoms with van der Waals surface area (Å²) >= 11 is 0. The Morgan fingerprint density at radius 1 is 1.24 bits per heavy atom. The summed E-state index contributed by atoms with van der Waals surface area (Å²) in [7, 11) is 0. The van der Waals surface area contributed by atoms with Crippen LogP contribution in [0.4, 0.5) is 0 Å². The van der Waals surface area contributed by atoms with Gasteiger partial charge in [0.25, 0.3) is 0 Å². The summed E-state index contributed by atoms with van der Waals surface area (Å²) in [4.78, 5) is 13.7. The fourth-order valence-electron chi connectivity index (χ4n) is 2.03. The fourth-order valence-corrected chi connectivity index (χ4v) is 2.03. The van der Waals surface area contributed by atoms with Crippen LogP contribution in [0.5, 0.6) is 0 Å². The topological polar surface area (TPSA) is 55.6 Å². The molecule has 1 fully saturated rings. The third-order valence-electron chi connectivity index (χ3n) is 3.73. The van der Waals surface area contributed by atoms with Crippen LogP contribution in [0.2, 0.25) is 0 Å². The Morgan fingerprint density at radius 3 is 2.35 bits per heavy atom. The van der Waals surface area contributed by atoms with Gasteiger partial charge in [-0.1, -0.05) is 13.8 Å². The molecule has 1 amide bonds. The monoisotopic (exact) mass is 242 g/mol. The zero-order valence-electron chi connectivity index (χ0n) is 11.2. The zero-order valence-corrected chi connectivity index (χ0v) is 11.2. The van der Waals surface area contributed by atoms with Crippen LogP contribution in [0, 0.1) is 0 Å². The van der Waals surface area contributed by atoms with Crippen LogP contribution in [0.15, 0.2) is 0 Å². The molecule has 0 radical (unpaired) electrons. The van der Waals surface area contributed by atoms with Crippen LogP contribution in [-0.2, 0) is 9.53 Å². The van der Waals surface area contributed by atoms with E-state index >= 15 is 0 Å². The molecule has 4 nitrogen and oxygen atoms in total. The van der Waals surface area contributed by atoms with Gasteiger partial charge >= 0.3 is 0 Å². The van der Waals surface area contributed by atoms with Crippen molar-refractivity contribution < 1.29 is 9.53 Å². The standard InChI is InChI=1S/C13H26N2O2/c1-3-13(14,4-2)11-17-10-12(16)15-8-6-5-7-9-15/h3-11,14H2,1-2H3. The lowest BCUT2D eigenvalue weighted by Crippen LogP contribution is -2.45. The first-order valence-corrected chi connectivity index (χ1v) is 6.75. The number of hydrogen-bond donors (Lipinski definition) is 1. The van der Waals surface area contributed by atoms with Crippen LogP contribution < -0.4 is 5.73 Å². The molecule has 0 aromatic carbocycles. The van der Waals surface area contributed by atoms with Gasteiger partial charge in [-0.25, -0.2) is 0 Å². The number of ether oxygens (including phenoxy) is 1. The molecule has 0 bridgehead atoms. The maximum atomic E-state index is 11.8. The lowest BCUT2D eigenvalue weighted by Gasteiger charge is -2.29. The molecular weight excluding hydrogens is 216 g/mol. The molecule has 1 heterocycles. The van der Waals surface area contributed by atoms with Gasteiger partial charge in [0.05, 0.1) is 6.61 Å². The maximum Gasteiger partial charge on any atom is 0.248 e. The van der Waals surface area contributed by atoms with Crippen LogP contribution in [-0.4, -0.2) is 42.6 Å². The number of hydrogen-bond acceptors (Lipinski definition) is 3. The summed E-state index contributed by atoms with van der Waals surface area (Å²) in [6.07, 6.45) is 5.23. The Hall–Kier alpha value is -0.610. The van der Waals surface area contributed by atoms with Crippen molar-refractivity contribution in [3.05, 3.63) is 0 Å². The van der Waals surface area contributed by atoms with Gasteiger partial charge < -0.3 is 15.4 Å². The molecule has 4 heteroatoms. The van der Waals surface area contributed by atoms with Crippen LogP contribution in [0.25, 0.3) is 0 Å². The van der Waals surface area contributed by atoms with Crippen molar-refractivity contribution in [3.8, 4) is 0 Å². The number of nitrogens with two attached hydrogens (primary N) is 1. The third kappa shape index (κ3) is 4.64. The second kappa shape index (κ2) is 6.97. The summed E-state index contributed by atoms with van der Waals surface area (Å²) in [5.74, 6) is 0.110. The third-order valence-corrected chi connectivity index (χ3v) is 3.73. The van der Waals surface area contributed by atoms with E-state index in [9.17, 15) is 4.79 Å². The largest absolute Gasteiger partial charge is 0.370 e.